The Morgan fingerprint density at radius 1 is 1.12 bits per heavy atom. The Labute approximate surface area is 146 Å². The fourth-order valence-corrected chi connectivity index (χ4v) is 2.11. The predicted molar refractivity (Wildman–Crippen MR) is 94.4 cm³/mol. The average molecular weight is 343 g/mol. The van der Waals surface area contributed by atoms with Crippen LogP contribution in [0.4, 0.5) is 5.69 Å². The molecule has 2 aromatic rings. The van der Waals surface area contributed by atoms with Gasteiger partial charge in [0.2, 0.25) is 0 Å². The average Bonchev–Trinajstić information content (AvgIpc) is 2.63. The van der Waals surface area contributed by atoms with Crippen LogP contribution in [0.25, 0.3) is 0 Å². The molecular formula is C18H21N3O4. The van der Waals surface area contributed by atoms with Crippen LogP contribution in [0.2, 0.25) is 0 Å². The van der Waals surface area contributed by atoms with E-state index >= 15 is 0 Å². The summed E-state index contributed by atoms with van der Waals surface area (Å²) in [6, 6.07) is 13.7. The highest BCUT2D eigenvalue weighted by Gasteiger charge is 2.14. The summed E-state index contributed by atoms with van der Waals surface area (Å²) < 4.78 is 10.9. The number of carbonyl (C=O) groups excluding carboxylic acids is 2. The summed E-state index contributed by atoms with van der Waals surface area (Å²) in [7, 11) is 0. The highest BCUT2D eigenvalue weighted by molar-refractivity contribution is 6.05. The van der Waals surface area contributed by atoms with Crippen molar-refractivity contribution >= 4 is 17.5 Å². The lowest BCUT2D eigenvalue weighted by atomic mass is 10.2. The largest absolute Gasteiger partial charge is 0.492 e. The molecule has 0 aromatic heterocycles. The van der Waals surface area contributed by atoms with E-state index in [1.807, 2.05) is 24.5 Å². The molecule has 0 heterocycles. The molecule has 0 unspecified atom stereocenters. The summed E-state index contributed by atoms with van der Waals surface area (Å²) in [6.07, 6.45) is -0.734. The SMILES string of the molecule is CCOc1ccccc1NC(=O)c1ccc(O[C@@H](C)C(=O)NN)cc1. The number of anilines is 1. The quantitative estimate of drug-likeness (QED) is 0.406. The molecule has 0 radical (unpaired) electrons. The maximum Gasteiger partial charge on any atom is 0.274 e. The van der Waals surface area contributed by atoms with Crippen molar-refractivity contribution in [2.75, 3.05) is 11.9 Å². The van der Waals surface area contributed by atoms with Gasteiger partial charge in [-0.3, -0.25) is 15.0 Å². The molecule has 2 amide bonds. The van der Waals surface area contributed by atoms with Crippen LogP contribution in [-0.4, -0.2) is 24.5 Å². The van der Waals surface area contributed by atoms with Crippen LogP contribution >= 0.6 is 0 Å². The first-order valence-corrected chi connectivity index (χ1v) is 7.85. The molecule has 0 aliphatic heterocycles. The van der Waals surface area contributed by atoms with Crippen molar-refractivity contribution < 1.29 is 19.1 Å². The third-order valence-corrected chi connectivity index (χ3v) is 3.38. The van der Waals surface area contributed by atoms with Crippen LogP contribution in [-0.2, 0) is 4.79 Å². The second-order valence-corrected chi connectivity index (χ2v) is 5.18. The van der Waals surface area contributed by atoms with Crippen molar-refractivity contribution in [3.63, 3.8) is 0 Å². The fourth-order valence-electron chi connectivity index (χ4n) is 2.11. The molecule has 2 aromatic carbocycles. The molecule has 0 spiro atoms. The van der Waals surface area contributed by atoms with Gasteiger partial charge in [0, 0.05) is 5.56 Å². The van der Waals surface area contributed by atoms with Gasteiger partial charge in [-0.1, -0.05) is 12.1 Å². The number of hydrogen-bond donors (Lipinski definition) is 3. The van der Waals surface area contributed by atoms with Gasteiger partial charge in [0.05, 0.1) is 12.3 Å². The molecule has 4 N–H and O–H groups in total. The van der Waals surface area contributed by atoms with Gasteiger partial charge >= 0.3 is 0 Å². The Bertz CT molecular complexity index is 731. The van der Waals surface area contributed by atoms with Crippen LogP contribution in [0.15, 0.2) is 48.5 Å². The van der Waals surface area contributed by atoms with Gasteiger partial charge in [0.25, 0.3) is 11.8 Å². The minimum absolute atomic E-state index is 0.272. The van der Waals surface area contributed by atoms with Crippen LogP contribution in [0.3, 0.4) is 0 Å². The minimum atomic E-state index is -0.734. The van der Waals surface area contributed by atoms with Crippen LogP contribution < -0.4 is 26.1 Å². The highest BCUT2D eigenvalue weighted by atomic mass is 16.5. The summed E-state index contributed by atoms with van der Waals surface area (Å²) >= 11 is 0. The lowest BCUT2D eigenvalue weighted by molar-refractivity contribution is -0.127. The Kier molecular flexibility index (Phi) is 6.36. The monoisotopic (exact) mass is 343 g/mol. The zero-order chi connectivity index (χ0) is 18.2. The van der Waals surface area contributed by atoms with Crippen molar-refractivity contribution in [3.8, 4) is 11.5 Å². The molecule has 0 fully saturated rings. The lowest BCUT2D eigenvalue weighted by Gasteiger charge is -2.13. The van der Waals surface area contributed by atoms with E-state index in [-0.39, 0.29) is 5.91 Å². The van der Waals surface area contributed by atoms with Crippen molar-refractivity contribution in [1.29, 1.82) is 0 Å². The molecule has 0 saturated carbocycles. The van der Waals surface area contributed by atoms with Crippen LogP contribution in [0.1, 0.15) is 24.2 Å². The second-order valence-electron chi connectivity index (χ2n) is 5.18. The van der Waals surface area contributed by atoms with Gasteiger partial charge in [-0.25, -0.2) is 5.84 Å². The number of hydrogen-bond acceptors (Lipinski definition) is 5. The molecule has 0 saturated heterocycles. The lowest BCUT2D eigenvalue weighted by Crippen LogP contribution is -2.40. The Morgan fingerprint density at radius 3 is 2.44 bits per heavy atom. The molecule has 7 nitrogen and oxygen atoms in total. The molecule has 0 aliphatic carbocycles. The third kappa shape index (κ3) is 4.95. The molecule has 7 heteroatoms. The van der Waals surface area contributed by atoms with Gasteiger partial charge in [-0.2, -0.15) is 0 Å². The maximum atomic E-state index is 12.4. The second kappa shape index (κ2) is 8.70. The standard InChI is InChI=1S/C18H21N3O4/c1-3-24-16-7-5-4-6-15(16)20-18(23)13-8-10-14(11-9-13)25-12(2)17(22)21-19/h4-12H,3,19H2,1-2H3,(H,20,23)(H,21,22)/t12-/m0/s1. The molecular weight excluding hydrogens is 322 g/mol. The van der Waals surface area contributed by atoms with Gasteiger partial charge in [-0.05, 0) is 50.2 Å². The summed E-state index contributed by atoms with van der Waals surface area (Å²) in [5.41, 5.74) is 3.07. The minimum Gasteiger partial charge on any atom is -0.492 e. The molecule has 25 heavy (non-hydrogen) atoms. The Morgan fingerprint density at radius 2 is 1.80 bits per heavy atom. The van der Waals surface area contributed by atoms with Gasteiger partial charge in [0.15, 0.2) is 6.10 Å². The first kappa shape index (κ1) is 18.3. The number of para-hydroxylation sites is 2. The summed E-state index contributed by atoms with van der Waals surface area (Å²) in [5.74, 6) is 5.42. The fraction of sp³-hybridized carbons (Fsp3) is 0.222. The predicted octanol–water partition coefficient (Wildman–Crippen LogP) is 2.09. The van der Waals surface area contributed by atoms with Crippen LogP contribution in [0.5, 0.6) is 11.5 Å². The molecule has 1 atom stereocenters. The van der Waals surface area contributed by atoms with Gasteiger partial charge < -0.3 is 14.8 Å². The van der Waals surface area contributed by atoms with Crippen molar-refractivity contribution in [1.82, 2.24) is 5.43 Å². The summed E-state index contributed by atoms with van der Waals surface area (Å²) in [4.78, 5) is 23.7. The van der Waals surface area contributed by atoms with Gasteiger partial charge in [0.1, 0.15) is 11.5 Å². The van der Waals surface area contributed by atoms with E-state index in [2.05, 4.69) is 5.32 Å². The third-order valence-electron chi connectivity index (χ3n) is 3.38. The smallest absolute Gasteiger partial charge is 0.274 e. The Hall–Kier alpha value is -3.06. The number of amides is 2. The number of carbonyl (C=O) groups is 2. The van der Waals surface area contributed by atoms with E-state index in [4.69, 9.17) is 15.3 Å². The molecule has 132 valence electrons. The van der Waals surface area contributed by atoms with E-state index in [1.54, 1.807) is 43.3 Å². The van der Waals surface area contributed by atoms with Crippen molar-refractivity contribution in [3.05, 3.63) is 54.1 Å². The number of benzene rings is 2. The number of hydrazine groups is 1. The zero-order valence-electron chi connectivity index (χ0n) is 14.1. The van der Waals surface area contributed by atoms with E-state index in [9.17, 15) is 9.59 Å². The zero-order valence-corrected chi connectivity index (χ0v) is 14.1. The topological polar surface area (TPSA) is 103 Å². The normalized spacial score (nSPS) is 11.3. The Balaban J connectivity index is 2.04. The van der Waals surface area contributed by atoms with Crippen LogP contribution in [0, 0.1) is 0 Å². The summed E-state index contributed by atoms with van der Waals surface area (Å²) in [5, 5.41) is 2.81. The van der Waals surface area contributed by atoms with E-state index in [0.29, 0.717) is 29.4 Å². The summed E-state index contributed by atoms with van der Waals surface area (Å²) in [6.45, 7) is 3.96. The number of nitrogens with two attached hydrogens (primary N) is 1. The maximum absolute atomic E-state index is 12.4. The first-order chi connectivity index (χ1) is 12.0. The first-order valence-electron chi connectivity index (χ1n) is 7.85. The van der Waals surface area contributed by atoms with Gasteiger partial charge in [-0.15, -0.1) is 0 Å². The number of ether oxygens (including phenoxy) is 2. The number of rotatable bonds is 7. The van der Waals surface area contributed by atoms with E-state index in [1.165, 1.54) is 0 Å². The highest BCUT2D eigenvalue weighted by Crippen LogP contribution is 2.24. The van der Waals surface area contributed by atoms with Crippen molar-refractivity contribution in [2.24, 2.45) is 5.84 Å². The molecule has 2 rings (SSSR count). The van der Waals surface area contributed by atoms with E-state index in [0.717, 1.165) is 0 Å². The van der Waals surface area contributed by atoms with E-state index < -0.39 is 12.0 Å². The number of nitrogens with one attached hydrogen (secondary N) is 2. The van der Waals surface area contributed by atoms with Crippen molar-refractivity contribution in [2.45, 2.75) is 20.0 Å². The molecule has 0 aliphatic rings. The molecule has 0 bridgehead atoms.